The highest BCUT2D eigenvalue weighted by Crippen LogP contribution is 2.29. The molecule has 0 aliphatic carbocycles. The van der Waals surface area contributed by atoms with Crippen LogP contribution < -0.4 is 11.1 Å². The Morgan fingerprint density at radius 1 is 1.47 bits per heavy atom. The van der Waals surface area contributed by atoms with Crippen LogP contribution in [0.4, 0.5) is 11.5 Å². The van der Waals surface area contributed by atoms with E-state index in [2.05, 4.69) is 36.2 Å². The van der Waals surface area contributed by atoms with Crippen LogP contribution in [-0.4, -0.2) is 15.0 Å². The lowest BCUT2D eigenvalue weighted by atomic mass is 10.2. The first-order chi connectivity index (χ1) is 8.09. The van der Waals surface area contributed by atoms with E-state index in [1.165, 1.54) is 0 Å². The van der Waals surface area contributed by atoms with Crippen molar-refractivity contribution >= 4 is 27.4 Å². The Balaban J connectivity index is 2.22. The minimum Gasteiger partial charge on any atom is -0.397 e. The van der Waals surface area contributed by atoms with Gasteiger partial charge in [0.25, 0.3) is 0 Å². The van der Waals surface area contributed by atoms with E-state index in [1.54, 1.807) is 18.6 Å². The fourth-order valence-electron chi connectivity index (χ4n) is 1.48. The monoisotopic (exact) mass is 295 g/mol. The van der Waals surface area contributed by atoms with E-state index in [-0.39, 0.29) is 6.04 Å². The van der Waals surface area contributed by atoms with Gasteiger partial charge >= 0.3 is 0 Å². The van der Waals surface area contributed by atoms with Crippen LogP contribution in [0, 0.1) is 6.92 Å². The summed E-state index contributed by atoms with van der Waals surface area (Å²) in [6, 6.07) is 0.0526. The van der Waals surface area contributed by atoms with Gasteiger partial charge in [-0.25, -0.2) is 9.97 Å². The number of anilines is 2. The molecule has 2 aromatic heterocycles. The van der Waals surface area contributed by atoms with Crippen LogP contribution in [0.15, 0.2) is 23.1 Å². The Bertz CT molecular complexity index is 509. The quantitative estimate of drug-likeness (QED) is 0.813. The molecular formula is C11H14BrN5. The second-order valence-electron chi connectivity index (χ2n) is 3.84. The van der Waals surface area contributed by atoms with Gasteiger partial charge in [0, 0.05) is 12.4 Å². The second-order valence-corrected chi connectivity index (χ2v) is 4.63. The molecule has 1 atom stereocenters. The first-order valence-electron chi connectivity index (χ1n) is 5.26. The Hall–Kier alpha value is -1.56. The average molecular weight is 296 g/mol. The van der Waals surface area contributed by atoms with Crippen molar-refractivity contribution in [3.05, 3.63) is 34.5 Å². The number of imidazole rings is 1. The number of nitrogens with one attached hydrogen (secondary N) is 2. The molecule has 0 radical (unpaired) electrons. The molecule has 2 heterocycles. The predicted octanol–water partition coefficient (Wildman–Crippen LogP) is 2.63. The van der Waals surface area contributed by atoms with E-state index >= 15 is 0 Å². The number of nitrogens with zero attached hydrogens (tertiary/aromatic N) is 2. The van der Waals surface area contributed by atoms with E-state index in [0.29, 0.717) is 5.69 Å². The van der Waals surface area contributed by atoms with Crippen LogP contribution >= 0.6 is 15.9 Å². The third kappa shape index (κ3) is 2.41. The van der Waals surface area contributed by atoms with Gasteiger partial charge in [0.15, 0.2) is 0 Å². The van der Waals surface area contributed by atoms with Gasteiger partial charge in [-0.05, 0) is 35.3 Å². The lowest BCUT2D eigenvalue weighted by Gasteiger charge is -2.15. The molecule has 6 heteroatoms. The zero-order valence-corrected chi connectivity index (χ0v) is 11.2. The lowest BCUT2D eigenvalue weighted by Crippen LogP contribution is -2.10. The van der Waals surface area contributed by atoms with Crippen molar-refractivity contribution in [1.82, 2.24) is 15.0 Å². The first kappa shape index (κ1) is 11.9. The maximum atomic E-state index is 5.78. The number of aromatic nitrogens is 3. The second kappa shape index (κ2) is 4.75. The van der Waals surface area contributed by atoms with Gasteiger partial charge in [0.2, 0.25) is 0 Å². The number of nitrogen functional groups attached to an aromatic ring is 1. The van der Waals surface area contributed by atoms with E-state index in [0.717, 1.165) is 21.7 Å². The Morgan fingerprint density at radius 3 is 2.88 bits per heavy atom. The molecule has 5 nitrogen and oxygen atoms in total. The zero-order chi connectivity index (χ0) is 12.4. The molecule has 0 saturated carbocycles. The standard InChI is InChI=1S/C11H14BrN5/c1-6-8(13)5-16-11(9(6)12)17-7(2)10-14-3-4-15-10/h3-5,7H,13H2,1-2H3,(H,14,15)(H,16,17). The summed E-state index contributed by atoms with van der Waals surface area (Å²) < 4.78 is 0.885. The molecule has 2 rings (SSSR count). The summed E-state index contributed by atoms with van der Waals surface area (Å²) in [6.07, 6.45) is 5.17. The van der Waals surface area contributed by atoms with Crippen molar-refractivity contribution in [2.75, 3.05) is 11.1 Å². The van der Waals surface area contributed by atoms with Gasteiger partial charge in [0.05, 0.1) is 22.4 Å². The predicted molar refractivity (Wildman–Crippen MR) is 71.7 cm³/mol. The van der Waals surface area contributed by atoms with Crippen molar-refractivity contribution in [3.8, 4) is 0 Å². The van der Waals surface area contributed by atoms with Crippen LogP contribution in [0.3, 0.4) is 0 Å². The zero-order valence-electron chi connectivity index (χ0n) is 9.66. The molecule has 0 amide bonds. The molecule has 4 N–H and O–H groups in total. The number of rotatable bonds is 3. The first-order valence-corrected chi connectivity index (χ1v) is 6.05. The number of nitrogens with two attached hydrogens (primary N) is 1. The SMILES string of the molecule is Cc1c(N)cnc(NC(C)c2ncc[nH]2)c1Br. The average Bonchev–Trinajstić information content (AvgIpc) is 2.83. The van der Waals surface area contributed by atoms with Crippen LogP contribution in [0.2, 0.25) is 0 Å². The molecule has 90 valence electrons. The van der Waals surface area contributed by atoms with Gasteiger partial charge in [-0.2, -0.15) is 0 Å². The maximum Gasteiger partial charge on any atom is 0.141 e. The Kier molecular flexibility index (Phi) is 3.33. The number of aromatic amines is 1. The van der Waals surface area contributed by atoms with Gasteiger partial charge < -0.3 is 16.0 Å². The summed E-state index contributed by atoms with van der Waals surface area (Å²) in [4.78, 5) is 11.5. The molecule has 0 saturated heterocycles. The van der Waals surface area contributed by atoms with Gasteiger partial charge in [0.1, 0.15) is 11.6 Å². The summed E-state index contributed by atoms with van der Waals surface area (Å²) in [5.41, 5.74) is 7.43. The lowest BCUT2D eigenvalue weighted by molar-refractivity contribution is 0.802. The minimum atomic E-state index is 0.0526. The molecule has 0 bridgehead atoms. The number of hydrogen-bond acceptors (Lipinski definition) is 4. The fourth-order valence-corrected chi connectivity index (χ4v) is 1.93. The number of H-pyrrole nitrogens is 1. The van der Waals surface area contributed by atoms with Crippen LogP contribution in [-0.2, 0) is 0 Å². The van der Waals surface area contributed by atoms with Crippen LogP contribution in [0.5, 0.6) is 0 Å². The van der Waals surface area contributed by atoms with Gasteiger partial charge in [-0.1, -0.05) is 0 Å². The van der Waals surface area contributed by atoms with E-state index in [4.69, 9.17) is 5.73 Å². The topological polar surface area (TPSA) is 79.6 Å². The molecule has 0 aliphatic heterocycles. The Morgan fingerprint density at radius 2 is 2.24 bits per heavy atom. The highest BCUT2D eigenvalue weighted by Gasteiger charge is 2.12. The third-order valence-electron chi connectivity index (χ3n) is 2.59. The summed E-state index contributed by atoms with van der Waals surface area (Å²) in [6.45, 7) is 3.96. The molecule has 0 aliphatic rings. The summed E-state index contributed by atoms with van der Waals surface area (Å²) in [5.74, 6) is 1.63. The molecule has 2 aromatic rings. The summed E-state index contributed by atoms with van der Waals surface area (Å²) in [5, 5.41) is 3.27. The van der Waals surface area contributed by atoms with Gasteiger partial charge in [-0.15, -0.1) is 0 Å². The normalized spacial score (nSPS) is 12.4. The molecule has 0 aromatic carbocycles. The Labute approximate surface area is 108 Å². The number of hydrogen-bond donors (Lipinski definition) is 3. The van der Waals surface area contributed by atoms with Gasteiger partial charge in [-0.3, -0.25) is 0 Å². The van der Waals surface area contributed by atoms with Crippen molar-refractivity contribution in [1.29, 1.82) is 0 Å². The molecular weight excluding hydrogens is 282 g/mol. The minimum absolute atomic E-state index is 0.0526. The maximum absolute atomic E-state index is 5.78. The molecule has 0 spiro atoms. The van der Waals surface area contributed by atoms with Crippen molar-refractivity contribution in [2.45, 2.75) is 19.9 Å². The number of halogens is 1. The van der Waals surface area contributed by atoms with Crippen LogP contribution in [0.25, 0.3) is 0 Å². The number of pyridine rings is 1. The summed E-state index contributed by atoms with van der Waals surface area (Å²) in [7, 11) is 0. The van der Waals surface area contributed by atoms with Crippen molar-refractivity contribution < 1.29 is 0 Å². The smallest absolute Gasteiger partial charge is 0.141 e. The van der Waals surface area contributed by atoms with Crippen LogP contribution in [0.1, 0.15) is 24.4 Å². The summed E-state index contributed by atoms with van der Waals surface area (Å²) >= 11 is 3.49. The highest BCUT2D eigenvalue weighted by molar-refractivity contribution is 9.10. The van der Waals surface area contributed by atoms with E-state index < -0.39 is 0 Å². The van der Waals surface area contributed by atoms with E-state index in [1.807, 2.05) is 13.8 Å². The van der Waals surface area contributed by atoms with Crippen molar-refractivity contribution in [2.24, 2.45) is 0 Å². The molecule has 1 unspecified atom stereocenters. The molecule has 17 heavy (non-hydrogen) atoms. The highest BCUT2D eigenvalue weighted by atomic mass is 79.9. The van der Waals surface area contributed by atoms with Crippen molar-refractivity contribution in [3.63, 3.8) is 0 Å². The molecule has 0 fully saturated rings. The fraction of sp³-hybridized carbons (Fsp3) is 0.273. The third-order valence-corrected chi connectivity index (χ3v) is 3.56. The van der Waals surface area contributed by atoms with E-state index in [9.17, 15) is 0 Å². The largest absolute Gasteiger partial charge is 0.397 e.